The normalized spacial score (nSPS) is 17.1. The van der Waals surface area contributed by atoms with E-state index in [-0.39, 0.29) is 12.8 Å². The van der Waals surface area contributed by atoms with E-state index in [1.165, 1.54) is 0 Å². The lowest BCUT2D eigenvalue weighted by atomic mass is 10.1. The number of hydrogen-bond acceptors (Lipinski definition) is 4. The summed E-state index contributed by atoms with van der Waals surface area (Å²) in [6.07, 6.45) is 3.61. The summed E-state index contributed by atoms with van der Waals surface area (Å²) in [6.45, 7) is 3.41. The van der Waals surface area contributed by atoms with E-state index >= 15 is 0 Å². The van der Waals surface area contributed by atoms with E-state index in [9.17, 15) is 9.59 Å². The molecule has 0 heterocycles. The first-order valence-corrected chi connectivity index (χ1v) is 8.05. The molecule has 0 rings (SSSR count). The summed E-state index contributed by atoms with van der Waals surface area (Å²) in [7, 11) is 0. The molecule has 0 spiro atoms. The molecule has 22 heavy (non-hydrogen) atoms. The minimum atomic E-state index is -0.907. The van der Waals surface area contributed by atoms with Gasteiger partial charge in [-0.3, -0.25) is 9.59 Å². The first kappa shape index (κ1) is 21.1. The van der Waals surface area contributed by atoms with Gasteiger partial charge >= 0.3 is 11.9 Å². The van der Waals surface area contributed by atoms with Crippen LogP contribution in [0.5, 0.6) is 0 Å². The fourth-order valence-electron chi connectivity index (χ4n) is 1.76. The second kappa shape index (κ2) is 10.0. The van der Waals surface area contributed by atoms with Crippen LogP contribution in [0.4, 0.5) is 0 Å². The molecule has 0 aromatic heterocycles. The molecule has 0 radical (unpaired) electrons. The second-order valence-corrected chi connectivity index (χ2v) is 7.32. The molecule has 0 aromatic carbocycles. The molecule has 8 heteroatoms. The first-order valence-electron chi connectivity index (χ1n) is 7.29. The number of carboxylic acid groups (broad SMARTS) is 2. The third kappa shape index (κ3) is 12.8. The molecular formula is C14H24Cl2N2O4. The Morgan fingerprint density at radius 3 is 1.41 bits per heavy atom. The molecule has 128 valence electrons. The zero-order valence-corrected chi connectivity index (χ0v) is 14.5. The van der Waals surface area contributed by atoms with Gasteiger partial charge in [-0.25, -0.2) is 0 Å². The lowest BCUT2D eigenvalue weighted by molar-refractivity contribution is -0.138. The van der Waals surface area contributed by atoms with Gasteiger partial charge in [0, 0.05) is 12.8 Å². The topological polar surface area (TPSA) is 99.3 Å². The summed E-state index contributed by atoms with van der Waals surface area (Å²) in [5, 5.41) is 25.2. The van der Waals surface area contributed by atoms with E-state index in [1.54, 1.807) is 13.8 Å². The predicted octanol–water partition coefficient (Wildman–Crippen LogP) is 4.64. The number of rotatable bonds is 12. The van der Waals surface area contributed by atoms with Gasteiger partial charge in [0.05, 0.1) is 0 Å². The Bertz CT molecular complexity index is 362. The summed E-state index contributed by atoms with van der Waals surface area (Å²) in [5.74, 6) is -1.65. The number of carboxylic acids is 2. The van der Waals surface area contributed by atoms with Gasteiger partial charge in [-0.15, -0.1) is 0 Å². The van der Waals surface area contributed by atoms with E-state index in [2.05, 4.69) is 10.2 Å². The standard InChI is InChI=1S/C14H24Cl2N2O4/c1-13(15,9-5-3-7-11(19)20)17-18-14(2,16)10-6-4-8-12(21)22/h3-10H2,1-2H3,(H,19,20)(H,21,22). The number of alkyl halides is 2. The third-order valence-corrected chi connectivity index (χ3v) is 3.54. The number of nitrogens with zero attached hydrogens (tertiary/aromatic N) is 2. The summed E-state index contributed by atoms with van der Waals surface area (Å²) >= 11 is 12.4. The quantitative estimate of drug-likeness (QED) is 0.231. The zero-order chi connectivity index (χ0) is 17.2. The Morgan fingerprint density at radius 1 is 0.818 bits per heavy atom. The maximum atomic E-state index is 10.4. The summed E-state index contributed by atoms with van der Waals surface area (Å²) in [5.41, 5.74) is 0. The van der Waals surface area contributed by atoms with Gasteiger partial charge < -0.3 is 10.2 Å². The summed E-state index contributed by atoms with van der Waals surface area (Å²) in [6, 6.07) is 0. The molecule has 6 nitrogen and oxygen atoms in total. The second-order valence-electron chi connectivity index (χ2n) is 5.69. The van der Waals surface area contributed by atoms with E-state index in [0.717, 1.165) is 0 Å². The van der Waals surface area contributed by atoms with Crippen molar-refractivity contribution in [3.8, 4) is 0 Å². The van der Waals surface area contributed by atoms with Crippen molar-refractivity contribution in [2.75, 3.05) is 0 Å². The van der Waals surface area contributed by atoms with Crippen LogP contribution in [0.3, 0.4) is 0 Å². The van der Waals surface area contributed by atoms with Crippen molar-refractivity contribution >= 4 is 35.1 Å². The van der Waals surface area contributed by atoms with Crippen LogP contribution in [-0.4, -0.2) is 32.1 Å². The van der Waals surface area contributed by atoms with Crippen molar-refractivity contribution in [2.24, 2.45) is 10.2 Å². The number of halogens is 2. The number of azo groups is 1. The number of hydrogen-bond donors (Lipinski definition) is 2. The van der Waals surface area contributed by atoms with Crippen molar-refractivity contribution in [3.63, 3.8) is 0 Å². The molecule has 0 aromatic rings. The minimum Gasteiger partial charge on any atom is -0.481 e. The largest absolute Gasteiger partial charge is 0.481 e. The van der Waals surface area contributed by atoms with E-state index in [4.69, 9.17) is 33.4 Å². The van der Waals surface area contributed by atoms with Crippen molar-refractivity contribution in [1.29, 1.82) is 0 Å². The van der Waals surface area contributed by atoms with Crippen LogP contribution in [0.1, 0.15) is 65.2 Å². The zero-order valence-electron chi connectivity index (χ0n) is 13.0. The molecule has 2 N–H and O–H groups in total. The first-order chi connectivity index (χ1) is 10.0. The Balaban J connectivity index is 4.15. The van der Waals surface area contributed by atoms with Crippen LogP contribution >= 0.6 is 23.2 Å². The van der Waals surface area contributed by atoms with E-state index in [1.807, 2.05) is 0 Å². The van der Waals surface area contributed by atoms with Gasteiger partial charge in [0.1, 0.15) is 0 Å². The molecule has 0 amide bonds. The van der Waals surface area contributed by atoms with Crippen LogP contribution in [0.2, 0.25) is 0 Å². The number of unbranched alkanes of at least 4 members (excludes halogenated alkanes) is 2. The molecule has 0 aliphatic carbocycles. The molecule has 0 fully saturated rings. The highest BCUT2D eigenvalue weighted by Gasteiger charge is 2.24. The lowest BCUT2D eigenvalue weighted by Crippen LogP contribution is -2.17. The third-order valence-electron chi connectivity index (χ3n) is 3.01. The van der Waals surface area contributed by atoms with Crippen LogP contribution in [0.15, 0.2) is 10.2 Å². The van der Waals surface area contributed by atoms with Gasteiger partial charge in [-0.1, -0.05) is 23.2 Å². The highest BCUT2D eigenvalue weighted by molar-refractivity contribution is 6.24. The van der Waals surface area contributed by atoms with Gasteiger partial charge in [0.15, 0.2) is 10.00 Å². The monoisotopic (exact) mass is 354 g/mol. The van der Waals surface area contributed by atoms with Crippen LogP contribution in [0, 0.1) is 0 Å². The van der Waals surface area contributed by atoms with Gasteiger partial charge in [0.25, 0.3) is 0 Å². The average molecular weight is 355 g/mol. The molecule has 0 bridgehead atoms. The predicted molar refractivity (Wildman–Crippen MR) is 85.6 cm³/mol. The Hall–Kier alpha value is -0.880. The van der Waals surface area contributed by atoms with Crippen molar-refractivity contribution in [2.45, 2.75) is 75.2 Å². The average Bonchev–Trinajstić information content (AvgIpc) is 2.38. The lowest BCUT2D eigenvalue weighted by Gasteiger charge is -2.20. The number of carbonyl (C=O) groups is 2. The molecule has 2 unspecified atom stereocenters. The Labute approximate surface area is 140 Å². The Kier molecular flexibility index (Phi) is 9.60. The molecule has 0 aliphatic heterocycles. The molecule has 0 aliphatic rings. The molecular weight excluding hydrogens is 331 g/mol. The van der Waals surface area contributed by atoms with Gasteiger partial charge in [0.2, 0.25) is 0 Å². The van der Waals surface area contributed by atoms with Crippen molar-refractivity contribution in [1.82, 2.24) is 0 Å². The van der Waals surface area contributed by atoms with Crippen LogP contribution < -0.4 is 0 Å². The highest BCUT2D eigenvalue weighted by atomic mass is 35.5. The molecule has 2 atom stereocenters. The Morgan fingerprint density at radius 2 is 1.14 bits per heavy atom. The van der Waals surface area contributed by atoms with Crippen molar-refractivity contribution < 1.29 is 19.8 Å². The van der Waals surface area contributed by atoms with E-state index < -0.39 is 21.9 Å². The van der Waals surface area contributed by atoms with E-state index in [0.29, 0.717) is 38.5 Å². The molecule has 0 saturated heterocycles. The van der Waals surface area contributed by atoms with Gasteiger partial charge in [-0.2, -0.15) is 10.2 Å². The van der Waals surface area contributed by atoms with Crippen molar-refractivity contribution in [3.05, 3.63) is 0 Å². The minimum absolute atomic E-state index is 0.112. The van der Waals surface area contributed by atoms with Gasteiger partial charge in [-0.05, 0) is 52.4 Å². The SMILES string of the molecule is CC(Cl)(CCCCC(=O)O)N=NC(C)(Cl)CCCCC(=O)O. The summed E-state index contributed by atoms with van der Waals surface area (Å²) in [4.78, 5) is 19.0. The number of aliphatic carboxylic acids is 2. The summed E-state index contributed by atoms with van der Waals surface area (Å²) < 4.78 is 0. The fraction of sp³-hybridized carbons (Fsp3) is 0.857. The van der Waals surface area contributed by atoms with Crippen LogP contribution in [-0.2, 0) is 9.59 Å². The maximum Gasteiger partial charge on any atom is 0.303 e. The molecule has 0 saturated carbocycles. The highest BCUT2D eigenvalue weighted by Crippen LogP contribution is 2.30. The fourth-order valence-corrected chi connectivity index (χ4v) is 2.10. The smallest absolute Gasteiger partial charge is 0.303 e. The van der Waals surface area contributed by atoms with Crippen LogP contribution in [0.25, 0.3) is 0 Å². The maximum absolute atomic E-state index is 10.4.